The molecular formula is C18H26O4S2. The van der Waals surface area contributed by atoms with Crippen molar-refractivity contribution in [2.45, 2.75) is 37.2 Å². The average Bonchev–Trinajstić information content (AvgIpc) is 2.51. The van der Waals surface area contributed by atoms with E-state index in [4.69, 9.17) is 0 Å². The molecule has 0 aliphatic heterocycles. The van der Waals surface area contributed by atoms with Gasteiger partial charge in [-0.1, -0.05) is 62.5 Å². The summed E-state index contributed by atoms with van der Waals surface area (Å²) in [6, 6.07) is 0. The van der Waals surface area contributed by atoms with E-state index in [0.717, 1.165) is 0 Å². The molecule has 0 aromatic heterocycles. The van der Waals surface area contributed by atoms with Crippen molar-refractivity contribution in [2.24, 2.45) is 11.8 Å². The predicted octanol–water partition coefficient (Wildman–Crippen LogP) is 2.86. The highest BCUT2D eigenvalue weighted by Crippen LogP contribution is 2.35. The molecule has 0 spiro atoms. The Bertz CT molecular complexity index is 745. The maximum absolute atomic E-state index is 12.9. The summed E-state index contributed by atoms with van der Waals surface area (Å²) in [6.45, 7) is 6.99. The van der Waals surface area contributed by atoms with Gasteiger partial charge >= 0.3 is 0 Å². The molecular weight excluding hydrogens is 344 g/mol. The summed E-state index contributed by atoms with van der Waals surface area (Å²) in [5.74, 6) is -1.12. The lowest BCUT2D eigenvalue weighted by molar-refractivity contribution is 0.507. The van der Waals surface area contributed by atoms with Crippen LogP contribution in [0.5, 0.6) is 0 Å². The lowest BCUT2D eigenvalue weighted by atomic mass is 9.91. The predicted molar refractivity (Wildman–Crippen MR) is 99.3 cm³/mol. The first-order valence-corrected chi connectivity index (χ1v) is 11.4. The quantitative estimate of drug-likeness (QED) is 0.746. The first-order chi connectivity index (χ1) is 11.0. The highest BCUT2D eigenvalue weighted by molar-refractivity contribution is 7.96. The van der Waals surface area contributed by atoms with E-state index in [-0.39, 0.29) is 23.3 Å². The zero-order valence-electron chi connectivity index (χ0n) is 14.6. The van der Waals surface area contributed by atoms with Crippen LogP contribution in [0.15, 0.2) is 48.6 Å². The molecule has 0 fully saturated rings. The van der Waals surface area contributed by atoms with Crippen LogP contribution in [-0.4, -0.2) is 37.8 Å². The van der Waals surface area contributed by atoms with E-state index >= 15 is 0 Å². The van der Waals surface area contributed by atoms with E-state index in [1.54, 1.807) is 38.2 Å². The third-order valence-electron chi connectivity index (χ3n) is 5.65. The van der Waals surface area contributed by atoms with Gasteiger partial charge in [0.2, 0.25) is 0 Å². The fourth-order valence-corrected chi connectivity index (χ4v) is 7.57. The van der Waals surface area contributed by atoms with Gasteiger partial charge in [-0.15, -0.1) is 0 Å². The topological polar surface area (TPSA) is 68.3 Å². The zero-order valence-corrected chi connectivity index (χ0v) is 16.3. The van der Waals surface area contributed by atoms with Crippen molar-refractivity contribution in [3.05, 3.63) is 48.6 Å². The molecule has 0 bridgehead atoms. The molecule has 24 heavy (non-hydrogen) atoms. The average molecular weight is 371 g/mol. The smallest absolute Gasteiger partial charge is 0.160 e. The van der Waals surface area contributed by atoms with Crippen molar-refractivity contribution >= 4 is 19.7 Å². The number of allylic oxidation sites excluding steroid dienone is 6. The number of rotatable bonds is 5. The summed E-state index contributed by atoms with van der Waals surface area (Å²) in [6.07, 6.45) is 14.1. The third-order valence-corrected chi connectivity index (χ3v) is 11.1. The lowest BCUT2D eigenvalue weighted by Crippen LogP contribution is -2.46. The monoisotopic (exact) mass is 370 g/mol. The summed E-state index contributed by atoms with van der Waals surface area (Å²) >= 11 is 0. The SMILES string of the molecule is CC1C=CC=CC1(C)S(=O)(=O)CCS(=O)(=O)C1(C)C=CC=CC1C. The highest BCUT2D eigenvalue weighted by Gasteiger charge is 2.45. The molecule has 4 nitrogen and oxygen atoms in total. The molecule has 0 aromatic carbocycles. The Labute approximate surface area is 145 Å². The van der Waals surface area contributed by atoms with Crippen LogP contribution in [0, 0.1) is 11.8 Å². The van der Waals surface area contributed by atoms with E-state index in [9.17, 15) is 16.8 Å². The molecule has 0 aromatic rings. The minimum Gasteiger partial charge on any atom is -0.228 e. The second-order valence-electron chi connectivity index (χ2n) is 7.07. The number of hydrogen-bond acceptors (Lipinski definition) is 4. The van der Waals surface area contributed by atoms with Crippen molar-refractivity contribution in [1.29, 1.82) is 0 Å². The zero-order chi connectivity index (χ0) is 18.2. The lowest BCUT2D eigenvalue weighted by Gasteiger charge is -2.35. The van der Waals surface area contributed by atoms with Crippen LogP contribution >= 0.6 is 0 Å². The van der Waals surface area contributed by atoms with Gasteiger partial charge in [0.25, 0.3) is 0 Å². The van der Waals surface area contributed by atoms with Gasteiger partial charge in [-0.25, -0.2) is 16.8 Å². The molecule has 4 atom stereocenters. The van der Waals surface area contributed by atoms with Gasteiger partial charge in [-0.2, -0.15) is 0 Å². The third kappa shape index (κ3) is 3.06. The Morgan fingerprint density at radius 2 is 1.04 bits per heavy atom. The van der Waals surface area contributed by atoms with Gasteiger partial charge in [0, 0.05) is 0 Å². The summed E-state index contributed by atoms with van der Waals surface area (Å²) in [4.78, 5) is 0. The molecule has 0 heterocycles. The molecule has 0 amide bonds. The second-order valence-corrected chi connectivity index (χ2v) is 12.1. The Kier molecular flexibility index (Phi) is 5.04. The normalized spacial score (nSPS) is 36.2. The second kappa shape index (κ2) is 6.30. The van der Waals surface area contributed by atoms with E-state index in [1.165, 1.54) is 0 Å². The molecule has 2 aliphatic rings. The largest absolute Gasteiger partial charge is 0.228 e. The van der Waals surface area contributed by atoms with Crippen LogP contribution in [-0.2, 0) is 19.7 Å². The van der Waals surface area contributed by atoms with Crippen molar-refractivity contribution in [1.82, 2.24) is 0 Å². The standard InChI is InChI=1S/C18H26O4S2/c1-15-9-5-7-11-17(15,3)23(19,20)13-14-24(21,22)18(4)12-8-6-10-16(18)2/h5-12,15-16H,13-14H2,1-4H3. The summed E-state index contributed by atoms with van der Waals surface area (Å²) in [7, 11) is -7.21. The van der Waals surface area contributed by atoms with Gasteiger partial charge in [-0.05, 0) is 25.7 Å². The van der Waals surface area contributed by atoms with Crippen LogP contribution in [0.25, 0.3) is 0 Å². The maximum atomic E-state index is 12.9. The first kappa shape index (κ1) is 19.2. The molecule has 0 saturated heterocycles. The molecule has 134 valence electrons. The van der Waals surface area contributed by atoms with Crippen LogP contribution in [0.3, 0.4) is 0 Å². The molecule has 6 heteroatoms. The fraction of sp³-hybridized carbons (Fsp3) is 0.556. The van der Waals surface area contributed by atoms with Gasteiger partial charge < -0.3 is 0 Å². The molecule has 0 N–H and O–H groups in total. The minimum atomic E-state index is -3.61. The Morgan fingerprint density at radius 3 is 1.33 bits per heavy atom. The molecule has 0 saturated carbocycles. The van der Waals surface area contributed by atoms with Crippen molar-refractivity contribution in [2.75, 3.05) is 11.5 Å². The van der Waals surface area contributed by atoms with Gasteiger partial charge in [-0.3, -0.25) is 0 Å². The van der Waals surface area contributed by atoms with E-state index in [1.807, 2.05) is 38.2 Å². The molecule has 2 aliphatic carbocycles. The van der Waals surface area contributed by atoms with Crippen molar-refractivity contribution in [3.63, 3.8) is 0 Å². The van der Waals surface area contributed by atoms with Crippen LogP contribution < -0.4 is 0 Å². The fourth-order valence-electron chi connectivity index (χ4n) is 3.07. The van der Waals surface area contributed by atoms with E-state index < -0.39 is 29.2 Å². The van der Waals surface area contributed by atoms with E-state index in [2.05, 4.69) is 0 Å². The summed E-state index contributed by atoms with van der Waals surface area (Å²) in [5.41, 5.74) is 0. The van der Waals surface area contributed by atoms with Gasteiger partial charge in [0.1, 0.15) is 0 Å². The van der Waals surface area contributed by atoms with Crippen molar-refractivity contribution < 1.29 is 16.8 Å². The number of sulfone groups is 2. The Hall–Kier alpha value is -1.14. The van der Waals surface area contributed by atoms with Gasteiger partial charge in [0.05, 0.1) is 21.0 Å². The minimum absolute atomic E-state index is 0.192. The maximum Gasteiger partial charge on any atom is 0.160 e. The first-order valence-electron chi connectivity index (χ1n) is 8.13. The number of hydrogen-bond donors (Lipinski definition) is 0. The molecule has 2 rings (SSSR count). The molecule has 0 radical (unpaired) electrons. The summed E-state index contributed by atoms with van der Waals surface area (Å²) in [5, 5.41) is 0. The van der Waals surface area contributed by atoms with E-state index in [0.29, 0.717) is 0 Å². The van der Waals surface area contributed by atoms with Crippen LogP contribution in [0.2, 0.25) is 0 Å². The van der Waals surface area contributed by atoms with Crippen LogP contribution in [0.1, 0.15) is 27.7 Å². The van der Waals surface area contributed by atoms with Crippen LogP contribution in [0.4, 0.5) is 0 Å². The van der Waals surface area contributed by atoms with Gasteiger partial charge in [0.15, 0.2) is 19.7 Å². The Morgan fingerprint density at radius 1 is 0.708 bits per heavy atom. The molecule has 4 unspecified atom stereocenters. The van der Waals surface area contributed by atoms with Crippen molar-refractivity contribution in [3.8, 4) is 0 Å². The summed E-state index contributed by atoms with van der Waals surface area (Å²) < 4.78 is 49.3. The Balaban J connectivity index is 2.23. The highest BCUT2D eigenvalue weighted by atomic mass is 32.2.